The predicted octanol–water partition coefficient (Wildman–Crippen LogP) is 1.32. The molecule has 19 heavy (non-hydrogen) atoms. The van der Waals surface area contributed by atoms with Gasteiger partial charge < -0.3 is 4.90 Å². The van der Waals surface area contributed by atoms with Crippen molar-refractivity contribution in [3.05, 3.63) is 35.4 Å². The molecule has 0 spiro atoms. The third-order valence-corrected chi connectivity index (χ3v) is 3.59. The van der Waals surface area contributed by atoms with Crippen LogP contribution in [-0.4, -0.2) is 55.4 Å². The van der Waals surface area contributed by atoms with Crippen molar-refractivity contribution in [2.75, 3.05) is 33.7 Å². The average Bonchev–Trinajstić information content (AvgIpc) is 2.36. The molecule has 2 rings (SSSR count). The number of halogens is 2. The number of hydrogen-bond donors (Lipinski definition) is 0. The van der Waals surface area contributed by atoms with E-state index in [1.165, 1.54) is 6.07 Å². The normalized spacial score (nSPS) is 21.6. The van der Waals surface area contributed by atoms with Crippen molar-refractivity contribution >= 4 is 5.78 Å². The van der Waals surface area contributed by atoms with E-state index < -0.39 is 11.6 Å². The second kappa shape index (κ2) is 5.75. The van der Waals surface area contributed by atoms with Gasteiger partial charge in [0.2, 0.25) is 0 Å². The monoisotopic (exact) mass is 268 g/mol. The van der Waals surface area contributed by atoms with Crippen molar-refractivity contribution in [3.63, 3.8) is 0 Å². The van der Waals surface area contributed by atoms with Crippen molar-refractivity contribution in [1.29, 1.82) is 0 Å². The SMILES string of the molecule is CN1CCN(C)C(C(=O)Cc2ccc(F)c(F)c2)C1. The summed E-state index contributed by atoms with van der Waals surface area (Å²) in [7, 11) is 3.89. The summed E-state index contributed by atoms with van der Waals surface area (Å²) in [4.78, 5) is 16.4. The molecule has 1 unspecified atom stereocenters. The molecule has 1 aliphatic heterocycles. The van der Waals surface area contributed by atoms with Crippen LogP contribution in [0.2, 0.25) is 0 Å². The van der Waals surface area contributed by atoms with Gasteiger partial charge in [0.15, 0.2) is 17.4 Å². The summed E-state index contributed by atoms with van der Waals surface area (Å²) >= 11 is 0. The van der Waals surface area contributed by atoms with Gasteiger partial charge in [-0.2, -0.15) is 0 Å². The Hall–Kier alpha value is -1.33. The predicted molar refractivity (Wildman–Crippen MR) is 69.0 cm³/mol. The molecular weight excluding hydrogens is 250 g/mol. The summed E-state index contributed by atoms with van der Waals surface area (Å²) in [5.41, 5.74) is 0.519. The van der Waals surface area contributed by atoms with Gasteiger partial charge in [-0.05, 0) is 31.8 Å². The van der Waals surface area contributed by atoms with Crippen LogP contribution in [0.5, 0.6) is 0 Å². The number of hydrogen-bond acceptors (Lipinski definition) is 3. The van der Waals surface area contributed by atoms with Crippen LogP contribution in [0.3, 0.4) is 0 Å². The molecule has 0 N–H and O–H groups in total. The van der Waals surface area contributed by atoms with E-state index in [1.54, 1.807) is 0 Å². The molecule has 104 valence electrons. The first-order valence-electron chi connectivity index (χ1n) is 6.33. The number of benzene rings is 1. The standard InChI is InChI=1S/C14H18F2N2O/c1-17-5-6-18(2)13(9-17)14(19)8-10-3-4-11(15)12(16)7-10/h3-4,7,13H,5-6,8-9H2,1-2H3. The Morgan fingerprint density at radius 2 is 2.00 bits per heavy atom. The number of Topliss-reactive ketones (excluding diaryl/α,β-unsaturated/α-hetero) is 1. The van der Waals surface area contributed by atoms with Crippen molar-refractivity contribution in [1.82, 2.24) is 9.80 Å². The Balaban J connectivity index is 2.05. The van der Waals surface area contributed by atoms with Crippen LogP contribution in [0, 0.1) is 11.6 Å². The Morgan fingerprint density at radius 1 is 1.26 bits per heavy atom. The lowest BCUT2D eigenvalue weighted by atomic mass is 10.0. The molecule has 0 saturated carbocycles. The maximum Gasteiger partial charge on any atom is 0.159 e. The van der Waals surface area contributed by atoms with Gasteiger partial charge in [-0.25, -0.2) is 8.78 Å². The maximum absolute atomic E-state index is 13.1. The second-order valence-electron chi connectivity index (χ2n) is 5.15. The molecule has 5 heteroatoms. The Labute approximate surface area is 111 Å². The van der Waals surface area contributed by atoms with Crippen LogP contribution in [0.25, 0.3) is 0 Å². The molecule has 0 amide bonds. The zero-order valence-electron chi connectivity index (χ0n) is 11.2. The fourth-order valence-corrected chi connectivity index (χ4v) is 2.33. The lowest BCUT2D eigenvalue weighted by molar-refractivity contribution is -0.125. The fourth-order valence-electron chi connectivity index (χ4n) is 2.33. The first-order valence-corrected chi connectivity index (χ1v) is 6.33. The van der Waals surface area contributed by atoms with Gasteiger partial charge in [-0.1, -0.05) is 6.07 Å². The maximum atomic E-state index is 13.1. The minimum atomic E-state index is -0.903. The Kier molecular flexibility index (Phi) is 4.27. The summed E-state index contributed by atoms with van der Waals surface area (Å²) in [5.74, 6) is -1.75. The van der Waals surface area contributed by atoms with Crippen LogP contribution in [-0.2, 0) is 11.2 Å². The lowest BCUT2D eigenvalue weighted by Crippen LogP contribution is -2.53. The molecule has 3 nitrogen and oxygen atoms in total. The van der Waals surface area contributed by atoms with Crippen molar-refractivity contribution in [3.8, 4) is 0 Å². The number of nitrogens with zero attached hydrogens (tertiary/aromatic N) is 2. The molecule has 0 radical (unpaired) electrons. The van der Waals surface area contributed by atoms with E-state index in [-0.39, 0.29) is 18.2 Å². The second-order valence-corrected chi connectivity index (χ2v) is 5.15. The number of ketones is 1. The van der Waals surface area contributed by atoms with Crippen LogP contribution in [0.4, 0.5) is 8.78 Å². The number of likely N-dealkylation sites (N-methyl/N-ethyl adjacent to an activating group) is 2. The van der Waals surface area contributed by atoms with E-state index in [0.717, 1.165) is 25.2 Å². The quantitative estimate of drug-likeness (QED) is 0.826. The van der Waals surface area contributed by atoms with Crippen LogP contribution in [0.1, 0.15) is 5.56 Å². The molecule has 1 fully saturated rings. The van der Waals surface area contributed by atoms with Crippen LogP contribution < -0.4 is 0 Å². The van der Waals surface area contributed by atoms with E-state index in [2.05, 4.69) is 4.90 Å². The van der Waals surface area contributed by atoms with Gasteiger partial charge in [0.1, 0.15) is 0 Å². The fraction of sp³-hybridized carbons (Fsp3) is 0.500. The van der Waals surface area contributed by atoms with Crippen LogP contribution >= 0.6 is 0 Å². The smallest absolute Gasteiger partial charge is 0.159 e. The minimum Gasteiger partial charge on any atom is -0.303 e. The van der Waals surface area contributed by atoms with Gasteiger partial charge >= 0.3 is 0 Å². The summed E-state index contributed by atoms with van der Waals surface area (Å²) in [6.07, 6.45) is 0.139. The lowest BCUT2D eigenvalue weighted by Gasteiger charge is -2.36. The van der Waals surface area contributed by atoms with Crippen LogP contribution in [0.15, 0.2) is 18.2 Å². The van der Waals surface area contributed by atoms with Gasteiger partial charge in [-0.15, -0.1) is 0 Å². The first-order chi connectivity index (χ1) is 8.97. The highest BCUT2D eigenvalue weighted by molar-refractivity contribution is 5.86. The highest BCUT2D eigenvalue weighted by Gasteiger charge is 2.28. The van der Waals surface area contributed by atoms with Crippen molar-refractivity contribution in [2.45, 2.75) is 12.5 Å². The number of rotatable bonds is 3. The molecule has 1 heterocycles. The van der Waals surface area contributed by atoms with E-state index in [9.17, 15) is 13.6 Å². The third-order valence-electron chi connectivity index (χ3n) is 3.59. The average molecular weight is 268 g/mol. The largest absolute Gasteiger partial charge is 0.303 e. The zero-order chi connectivity index (χ0) is 14.0. The number of carbonyl (C=O) groups excluding carboxylic acids is 1. The molecule has 1 atom stereocenters. The van der Waals surface area contributed by atoms with Crippen molar-refractivity contribution < 1.29 is 13.6 Å². The third kappa shape index (κ3) is 3.36. The highest BCUT2D eigenvalue weighted by Crippen LogP contribution is 2.13. The Morgan fingerprint density at radius 3 is 2.68 bits per heavy atom. The summed E-state index contributed by atoms with van der Waals surface area (Å²) in [6.45, 7) is 2.45. The van der Waals surface area contributed by atoms with Gasteiger partial charge in [0.25, 0.3) is 0 Å². The summed E-state index contributed by atoms with van der Waals surface area (Å²) in [6, 6.07) is 3.45. The minimum absolute atomic E-state index is 0.0417. The zero-order valence-corrected chi connectivity index (χ0v) is 11.2. The van der Waals surface area contributed by atoms with E-state index >= 15 is 0 Å². The van der Waals surface area contributed by atoms with Crippen molar-refractivity contribution in [2.24, 2.45) is 0 Å². The highest BCUT2D eigenvalue weighted by atomic mass is 19.2. The molecule has 0 aromatic heterocycles. The van der Waals surface area contributed by atoms with E-state index in [4.69, 9.17) is 0 Å². The first kappa shape index (κ1) is 14.1. The molecule has 1 aliphatic rings. The molecule has 0 aliphatic carbocycles. The molecular formula is C14H18F2N2O. The number of piperazine rings is 1. The van der Waals surface area contributed by atoms with Gasteiger partial charge in [-0.3, -0.25) is 9.69 Å². The molecule has 1 aromatic rings. The molecule has 1 saturated heterocycles. The Bertz CT molecular complexity index is 479. The summed E-state index contributed by atoms with van der Waals surface area (Å²) < 4.78 is 25.9. The number of carbonyl (C=O) groups is 1. The summed E-state index contributed by atoms with van der Waals surface area (Å²) in [5, 5.41) is 0. The molecule has 0 bridgehead atoms. The van der Waals surface area contributed by atoms with E-state index in [0.29, 0.717) is 12.1 Å². The topological polar surface area (TPSA) is 23.6 Å². The molecule has 1 aromatic carbocycles. The van der Waals surface area contributed by atoms with Gasteiger partial charge in [0.05, 0.1) is 6.04 Å². The van der Waals surface area contributed by atoms with Gasteiger partial charge in [0, 0.05) is 26.1 Å². The van der Waals surface area contributed by atoms with E-state index in [1.807, 2.05) is 19.0 Å².